The zero-order valence-electron chi connectivity index (χ0n) is 24.6. The van der Waals surface area contributed by atoms with Crippen molar-refractivity contribution in [1.29, 1.82) is 0 Å². The van der Waals surface area contributed by atoms with Crippen molar-refractivity contribution in [2.45, 2.75) is 0 Å². The first-order valence-corrected chi connectivity index (χ1v) is 14.8. The molecule has 3 heterocycles. The molecule has 0 saturated carbocycles. The van der Waals surface area contributed by atoms with Crippen molar-refractivity contribution >= 4 is 96.8 Å². The summed E-state index contributed by atoms with van der Waals surface area (Å²) in [5.41, 5.74) is 19.2. The Labute approximate surface area is 281 Å². The van der Waals surface area contributed by atoms with Gasteiger partial charge in [0.2, 0.25) is 0 Å². The predicted molar refractivity (Wildman–Crippen MR) is 181 cm³/mol. The Morgan fingerprint density at radius 2 is 1.21 bits per heavy atom. The second kappa shape index (κ2) is 12.5. The lowest BCUT2D eigenvalue weighted by atomic mass is 10.0. The summed E-state index contributed by atoms with van der Waals surface area (Å²) in [6.07, 6.45) is 0. The average molecular weight is 691 g/mol. The maximum absolute atomic E-state index is 13.2. The van der Waals surface area contributed by atoms with E-state index < -0.39 is 29.8 Å². The number of rotatable bonds is 7. The fourth-order valence-electron chi connectivity index (χ4n) is 5.30. The molecule has 2 saturated heterocycles. The third kappa shape index (κ3) is 6.27. The van der Waals surface area contributed by atoms with Crippen molar-refractivity contribution in [1.82, 2.24) is 15.8 Å². The van der Waals surface area contributed by atoms with Gasteiger partial charge in [-0.25, -0.2) is 14.4 Å². The van der Waals surface area contributed by atoms with Gasteiger partial charge in [0.15, 0.2) is 0 Å². The molecule has 0 spiro atoms. The lowest BCUT2D eigenvalue weighted by Crippen LogP contribution is -2.32. The number of fused-ring (bicyclic) bond motifs is 1. The van der Waals surface area contributed by atoms with E-state index in [1.165, 1.54) is 6.07 Å². The first kappa shape index (κ1) is 31.8. The van der Waals surface area contributed by atoms with Crippen molar-refractivity contribution in [3.05, 3.63) is 94.7 Å². The van der Waals surface area contributed by atoms with Crippen LogP contribution in [0.2, 0.25) is 0 Å². The monoisotopic (exact) mass is 689 g/mol. The van der Waals surface area contributed by atoms with Crippen LogP contribution in [0.1, 0.15) is 21.6 Å². The predicted octanol–water partition coefficient (Wildman–Crippen LogP) is 3.85. The van der Waals surface area contributed by atoms with Crippen molar-refractivity contribution in [2.75, 3.05) is 33.7 Å². The quantitative estimate of drug-likeness (QED) is 0.133. The van der Waals surface area contributed by atoms with Crippen LogP contribution in [-0.2, 0) is 9.59 Å². The number of amides is 6. The summed E-state index contributed by atoms with van der Waals surface area (Å²) >= 11 is 13.8. The van der Waals surface area contributed by atoms with E-state index >= 15 is 0 Å². The number of anilines is 4. The second-order valence-electron chi connectivity index (χ2n) is 10.7. The molecule has 0 bridgehead atoms. The summed E-state index contributed by atoms with van der Waals surface area (Å²) < 4.78 is 0. The second-order valence-corrected chi connectivity index (χ2v) is 11.4. The van der Waals surface area contributed by atoms with E-state index in [0.717, 1.165) is 0 Å². The van der Waals surface area contributed by atoms with Gasteiger partial charge in [-0.1, -0.05) is 23.2 Å². The molecule has 244 valence electrons. The number of nitrogens with zero attached hydrogens (tertiary/aromatic N) is 2. The summed E-state index contributed by atoms with van der Waals surface area (Å²) in [4.78, 5) is 63.2. The van der Waals surface area contributed by atoms with Gasteiger partial charge in [-0.3, -0.25) is 30.5 Å². The number of carbonyl (C=O) groups is 5. The molecule has 3 aromatic carbocycles. The summed E-state index contributed by atoms with van der Waals surface area (Å²) in [5.74, 6) is -2.17. The van der Waals surface area contributed by atoms with E-state index in [9.17, 15) is 29.1 Å². The minimum Gasteiger partial charge on any atom is -0.477 e. The minimum atomic E-state index is -1.21. The number of carbonyl (C=O) groups excluding carboxylic acids is 4. The number of hydrogen-bond acceptors (Lipinski definition) is 7. The maximum Gasteiger partial charge on any atom is 0.352 e. The van der Waals surface area contributed by atoms with Crippen molar-refractivity contribution in [2.24, 2.45) is 11.5 Å². The Hall–Kier alpha value is -6.19. The van der Waals surface area contributed by atoms with Crippen LogP contribution in [0.4, 0.5) is 32.3 Å². The van der Waals surface area contributed by atoms with Gasteiger partial charge in [0.25, 0.3) is 11.8 Å². The highest BCUT2D eigenvalue weighted by molar-refractivity contribution is 6.53. The molecule has 6 rings (SSSR count). The van der Waals surface area contributed by atoms with Crippen LogP contribution >= 0.6 is 23.2 Å². The fourth-order valence-corrected chi connectivity index (χ4v) is 5.86. The molecular weight excluding hydrogens is 665 g/mol. The van der Waals surface area contributed by atoms with Gasteiger partial charge in [0, 0.05) is 27.8 Å². The third-order valence-corrected chi connectivity index (χ3v) is 8.41. The van der Waals surface area contributed by atoms with Crippen molar-refractivity contribution in [3.8, 4) is 0 Å². The molecular formula is C31H25Cl2N9O6. The number of urea groups is 2. The number of nitrogens with one attached hydrogen (secondary N) is 5. The third-order valence-electron chi connectivity index (χ3n) is 7.53. The van der Waals surface area contributed by atoms with Gasteiger partial charge >= 0.3 is 18.0 Å². The molecule has 17 heteroatoms. The molecule has 0 radical (unpaired) electrons. The maximum atomic E-state index is 13.2. The van der Waals surface area contributed by atoms with E-state index in [-0.39, 0.29) is 40.0 Å². The van der Waals surface area contributed by atoms with Gasteiger partial charge in [-0.2, -0.15) is 0 Å². The molecule has 48 heavy (non-hydrogen) atoms. The Morgan fingerprint density at radius 3 is 1.67 bits per heavy atom. The highest BCUT2D eigenvalue weighted by Gasteiger charge is 2.31. The topological polar surface area (TPSA) is 228 Å². The Bertz CT molecular complexity index is 2090. The average Bonchev–Trinajstić information content (AvgIpc) is 3.76. The van der Waals surface area contributed by atoms with Crippen LogP contribution in [-0.4, -0.2) is 53.0 Å². The number of H-pyrrole nitrogens is 1. The number of primary amides is 2. The van der Waals surface area contributed by atoms with E-state index in [1.807, 2.05) is 0 Å². The van der Waals surface area contributed by atoms with Crippen molar-refractivity contribution in [3.63, 3.8) is 0 Å². The van der Waals surface area contributed by atoms with E-state index in [4.69, 9.17) is 34.7 Å². The van der Waals surface area contributed by atoms with Crippen LogP contribution in [0, 0.1) is 0 Å². The summed E-state index contributed by atoms with van der Waals surface area (Å²) in [6, 6.07) is 16.3. The van der Waals surface area contributed by atoms with Gasteiger partial charge in [0.05, 0.1) is 45.7 Å². The number of carboxylic acids is 1. The van der Waals surface area contributed by atoms with Gasteiger partial charge < -0.3 is 32.2 Å². The summed E-state index contributed by atoms with van der Waals surface area (Å²) in [5, 5.41) is 18.3. The minimum absolute atomic E-state index is 0.0430. The zero-order valence-corrected chi connectivity index (χ0v) is 26.1. The SMILES string of the molecule is NC(=O)Nc1ccc(N2CC(=C(Cl)c3cc(C(Cl)=C4CN(c5ccc(NC(N)=O)cc5)NC4=O)c4cc(C(=O)O)[nH]c4c3)C(=O)N2)cc1. The first-order chi connectivity index (χ1) is 22.9. The Morgan fingerprint density at radius 1 is 0.729 bits per heavy atom. The lowest BCUT2D eigenvalue weighted by Gasteiger charge is -2.17. The summed E-state index contributed by atoms with van der Waals surface area (Å²) in [6.45, 7) is 0.112. The molecule has 0 unspecified atom stereocenters. The highest BCUT2D eigenvalue weighted by Crippen LogP contribution is 2.38. The Balaban J connectivity index is 1.35. The standard InChI is InChI=1S/C31H25Cl2N9O6/c32-25(21-12-41(39-27(21)43)17-5-1-15(2-6-17)36-30(34)47)14-9-20(19-11-24(29(45)46)38-23(19)10-14)26(33)22-13-42(40-28(22)44)18-7-3-16(4-8-18)37-31(35)48/h1-11,38H,12-13H2,(H,39,43)(H,40,44)(H,45,46)(H3,34,36,47)(H3,35,37,48). The lowest BCUT2D eigenvalue weighted by molar-refractivity contribution is -0.117. The smallest absolute Gasteiger partial charge is 0.352 e. The fraction of sp³-hybridized carbons (Fsp3) is 0.0645. The Kier molecular flexibility index (Phi) is 8.30. The van der Waals surface area contributed by atoms with Crippen molar-refractivity contribution < 1.29 is 29.1 Å². The number of aromatic amines is 1. The van der Waals surface area contributed by atoms with Crippen LogP contribution in [0.25, 0.3) is 21.0 Å². The van der Waals surface area contributed by atoms with E-state index in [1.54, 1.807) is 70.7 Å². The number of aromatic nitrogens is 1. The molecule has 4 aromatic rings. The molecule has 10 N–H and O–H groups in total. The number of aromatic carboxylic acids is 1. The number of hydrogen-bond donors (Lipinski definition) is 8. The number of halogens is 2. The number of hydrazine groups is 2. The van der Waals surface area contributed by atoms with Crippen LogP contribution < -0.4 is 43.0 Å². The van der Waals surface area contributed by atoms with E-state index in [0.29, 0.717) is 44.8 Å². The van der Waals surface area contributed by atoms with Gasteiger partial charge in [-0.15, -0.1) is 0 Å². The van der Waals surface area contributed by atoms with Crippen LogP contribution in [0.3, 0.4) is 0 Å². The molecule has 2 fully saturated rings. The summed E-state index contributed by atoms with van der Waals surface area (Å²) in [7, 11) is 0. The molecule has 0 atom stereocenters. The molecule has 0 aliphatic carbocycles. The zero-order chi connectivity index (χ0) is 34.3. The molecule has 6 amide bonds. The largest absolute Gasteiger partial charge is 0.477 e. The normalized spacial score (nSPS) is 16.5. The van der Waals surface area contributed by atoms with Gasteiger partial charge in [0.1, 0.15) is 5.69 Å². The van der Waals surface area contributed by atoms with E-state index in [2.05, 4.69) is 26.5 Å². The number of carboxylic acid groups (broad SMARTS) is 1. The highest BCUT2D eigenvalue weighted by atomic mass is 35.5. The van der Waals surface area contributed by atoms with Crippen LogP contribution in [0.15, 0.2) is 77.9 Å². The van der Waals surface area contributed by atoms with Crippen LogP contribution in [0.5, 0.6) is 0 Å². The number of nitrogens with two attached hydrogens (primary N) is 2. The van der Waals surface area contributed by atoms with Gasteiger partial charge in [-0.05, 0) is 72.3 Å². The molecule has 2 aliphatic heterocycles. The molecule has 15 nitrogen and oxygen atoms in total. The number of benzene rings is 3. The molecule has 2 aliphatic rings. The first-order valence-electron chi connectivity index (χ1n) is 14.1. The molecule has 1 aromatic heterocycles.